The summed E-state index contributed by atoms with van der Waals surface area (Å²) in [6, 6.07) is 36.5. The molecule has 630 valence electrons. The zero-order valence-electron chi connectivity index (χ0n) is 70.5. The highest BCUT2D eigenvalue weighted by Crippen LogP contribution is 2.41. The van der Waals surface area contributed by atoms with Gasteiger partial charge in [0.1, 0.15) is 11.6 Å². The lowest BCUT2D eigenvalue weighted by atomic mass is 10.0. The summed E-state index contributed by atoms with van der Waals surface area (Å²) in [6.45, 7) is 19.6. The zero-order valence-corrected chi connectivity index (χ0v) is 75.3. The number of nitrogens with zero attached hydrogens (tertiary/aromatic N) is 16. The summed E-state index contributed by atoms with van der Waals surface area (Å²) in [7, 11) is 8.37. The Morgan fingerprint density at radius 2 is 0.707 bits per heavy atom. The number of rotatable bonds is 18. The van der Waals surface area contributed by atoms with E-state index in [1.807, 2.05) is 113 Å². The molecule has 0 unspecified atom stereocenters. The number of pyridine rings is 4. The van der Waals surface area contributed by atoms with Crippen LogP contribution in [0, 0.1) is 41.5 Å². The number of anilines is 14. The summed E-state index contributed by atoms with van der Waals surface area (Å²) in [4.78, 5) is 68.2. The first-order valence-corrected chi connectivity index (χ1v) is 43.6. The molecule has 14 heterocycles. The van der Waals surface area contributed by atoms with E-state index in [0.29, 0.717) is 64.5 Å². The van der Waals surface area contributed by atoms with Crippen molar-refractivity contribution in [3.63, 3.8) is 0 Å². The topological polar surface area (TPSA) is 273 Å². The van der Waals surface area contributed by atoms with Gasteiger partial charge in [0, 0.05) is 166 Å². The van der Waals surface area contributed by atoms with Crippen LogP contribution in [0.25, 0.3) is 45.0 Å². The van der Waals surface area contributed by atoms with E-state index in [-0.39, 0.29) is 0 Å². The van der Waals surface area contributed by atoms with Gasteiger partial charge in [0.05, 0.1) is 101 Å². The molecule has 8 N–H and O–H groups in total. The first-order valence-electron chi connectivity index (χ1n) is 41.2. The van der Waals surface area contributed by atoms with Gasteiger partial charge in [0.25, 0.3) is 0 Å². The quantitative estimate of drug-likeness (QED) is 0.0371. The molecule has 4 aromatic carbocycles. The molecule has 0 spiro atoms. The maximum Gasteiger partial charge on any atom is 0.227 e. The first kappa shape index (κ1) is 86.6. The lowest BCUT2D eigenvalue weighted by Crippen LogP contribution is -2.36. The molecule has 0 aliphatic carbocycles. The maximum atomic E-state index is 6.19. The van der Waals surface area contributed by atoms with Gasteiger partial charge in [0.2, 0.25) is 23.8 Å². The van der Waals surface area contributed by atoms with Gasteiger partial charge >= 0.3 is 0 Å². The number of benzene rings is 4. The molecule has 123 heavy (non-hydrogen) atoms. The highest BCUT2D eigenvalue weighted by Gasteiger charge is 2.27. The molecule has 0 radical (unpaired) electrons. The second-order valence-electron chi connectivity index (χ2n) is 31.8. The number of hydrogen-bond donors (Lipinski definition) is 8. The van der Waals surface area contributed by atoms with Crippen LogP contribution in [-0.2, 0) is 43.3 Å². The van der Waals surface area contributed by atoms with Crippen LogP contribution in [-0.4, -0.2) is 170 Å². The number of morpholine rings is 1. The van der Waals surface area contributed by atoms with Gasteiger partial charge in [-0.1, -0.05) is 96.3 Å². The van der Waals surface area contributed by atoms with Crippen LogP contribution >= 0.6 is 72.1 Å². The fourth-order valence-electron chi connectivity index (χ4n) is 15.2. The third-order valence-electron chi connectivity index (χ3n) is 21.6. The molecule has 6 aliphatic heterocycles. The van der Waals surface area contributed by atoms with Crippen molar-refractivity contribution in [2.75, 3.05) is 133 Å². The van der Waals surface area contributed by atoms with Crippen LogP contribution in [0.1, 0.15) is 93.0 Å². The standard InChI is InChI=1S/C24H28N6S.C23H25ClN6S.C23H24N6S.C22H21ClN6OS/c1-15-7-8-19-21(10-15)27-22(31)12-18-14-26-24(29-23(18)19)28-20-11-17(13-25-16(20)2)6-5-9-30(3)4;1-14-19(9-15(12-25-14)5-4-8-30(2)3)28-23-26-13-16-10-21(31)27-20-11-17(24)6-7-18(20)22(16)29-23;1-14-5-6-17-19(11-14)26-21(30)12-16-13-24-23(28-22(16)17)27-18-7-8-20(25-15(18)2)29-9-3-4-10-29;1-13-17(4-5-19(25-13)29-6-8-30-9-7-29)27-22-24-12-14-10-20(31)26-18-11-15(23)2-3-16(18)21(14)28-22/h7-8,10-11,13-14H,5-6,9,12H2,1-4H3,(H,27,31)(H,26,28,29);6-7,9,11-13H,4-5,8,10H2,1-3H3,(H,27,31)(H,26,28,29);5-8,11,13H,3-4,9-10,12H2,1-2H3,(H,26,30)(H,24,27,28);2-5,11-12H,6-10H2,1H3,(H,26,31)(H,24,27,28). The zero-order chi connectivity index (χ0) is 86.0. The Morgan fingerprint density at radius 3 is 1.06 bits per heavy atom. The second-order valence-corrected chi connectivity index (χ2v) is 34.7. The molecule has 0 bridgehead atoms. The summed E-state index contributed by atoms with van der Waals surface area (Å²) in [5.74, 6) is 4.17. The number of hydrogen-bond acceptors (Lipinski definition) is 25. The Kier molecular flexibility index (Phi) is 27.7. The Morgan fingerprint density at radius 1 is 0.374 bits per heavy atom. The van der Waals surface area contributed by atoms with Crippen LogP contribution in [0.2, 0.25) is 10.0 Å². The summed E-state index contributed by atoms with van der Waals surface area (Å²) in [5, 5.41) is 28.0. The predicted octanol–water partition coefficient (Wildman–Crippen LogP) is 18.9. The van der Waals surface area contributed by atoms with Gasteiger partial charge in [-0.2, -0.15) is 0 Å². The normalized spacial score (nSPS) is 14.1. The second kappa shape index (κ2) is 39.4. The lowest BCUT2D eigenvalue weighted by Gasteiger charge is -2.28. The number of nitrogens with one attached hydrogen (secondary N) is 8. The summed E-state index contributed by atoms with van der Waals surface area (Å²) < 4.78 is 5.43. The molecule has 2 fully saturated rings. The number of ether oxygens (including phenoxy) is 1. The molecular weight excluding hydrogens is 1660 g/mol. The molecular formula is C92H98Cl2N24OS4. The minimum Gasteiger partial charge on any atom is -0.378 e. The van der Waals surface area contributed by atoms with Crippen LogP contribution in [0.4, 0.5) is 80.9 Å². The van der Waals surface area contributed by atoms with Crippen molar-refractivity contribution in [3.8, 4) is 45.0 Å². The van der Waals surface area contributed by atoms with Crippen molar-refractivity contribution in [1.29, 1.82) is 0 Å². The van der Waals surface area contributed by atoms with E-state index in [0.717, 1.165) is 240 Å². The average molecular weight is 1760 g/mol. The van der Waals surface area contributed by atoms with Crippen LogP contribution in [0.15, 0.2) is 146 Å². The first-order chi connectivity index (χ1) is 59.4. The van der Waals surface area contributed by atoms with Crippen molar-refractivity contribution in [3.05, 3.63) is 224 Å². The highest BCUT2D eigenvalue weighted by molar-refractivity contribution is 7.81. The number of halogens is 2. The van der Waals surface area contributed by atoms with Gasteiger partial charge < -0.3 is 66.9 Å². The van der Waals surface area contributed by atoms with Crippen LogP contribution in [0.3, 0.4) is 0 Å². The van der Waals surface area contributed by atoms with Gasteiger partial charge in [-0.05, 0) is 229 Å². The van der Waals surface area contributed by atoms with E-state index >= 15 is 0 Å². The van der Waals surface area contributed by atoms with E-state index in [1.165, 1.54) is 35.1 Å². The van der Waals surface area contributed by atoms with Crippen molar-refractivity contribution in [2.24, 2.45) is 0 Å². The van der Waals surface area contributed by atoms with Gasteiger partial charge in [-0.15, -0.1) is 0 Å². The van der Waals surface area contributed by atoms with Crippen LogP contribution < -0.4 is 52.3 Å². The van der Waals surface area contributed by atoms with E-state index in [4.69, 9.17) is 107 Å². The fourth-order valence-corrected chi connectivity index (χ4v) is 16.6. The Hall–Kier alpha value is -11.4. The van der Waals surface area contributed by atoms with Crippen molar-refractivity contribution in [1.82, 2.24) is 69.6 Å². The molecule has 25 nitrogen and oxygen atoms in total. The molecule has 18 rings (SSSR count). The van der Waals surface area contributed by atoms with Crippen LogP contribution in [0.5, 0.6) is 0 Å². The smallest absolute Gasteiger partial charge is 0.227 e. The third-order valence-corrected chi connectivity index (χ3v) is 23.1. The van der Waals surface area contributed by atoms with E-state index < -0.39 is 0 Å². The molecule has 6 aliphatic rings. The highest BCUT2D eigenvalue weighted by atomic mass is 35.5. The lowest BCUT2D eigenvalue weighted by molar-refractivity contribution is 0.122. The fraction of sp³-hybridized carbons (Fsp3) is 0.304. The Balaban J connectivity index is 0.000000127. The maximum absolute atomic E-state index is 6.19. The molecule has 2 saturated heterocycles. The van der Waals surface area contributed by atoms with Gasteiger partial charge in [-0.3, -0.25) is 9.97 Å². The van der Waals surface area contributed by atoms with Crippen molar-refractivity contribution < 1.29 is 4.74 Å². The molecule has 12 aromatic rings. The summed E-state index contributed by atoms with van der Waals surface area (Å²) >= 11 is 34.3. The largest absolute Gasteiger partial charge is 0.378 e. The monoisotopic (exact) mass is 1750 g/mol. The van der Waals surface area contributed by atoms with E-state index in [1.54, 1.807) is 0 Å². The number of thiocarbonyl (C=S) groups is 4. The molecule has 8 aromatic heterocycles. The van der Waals surface area contributed by atoms with E-state index in [2.05, 4.69) is 195 Å². The molecule has 0 saturated carbocycles. The van der Waals surface area contributed by atoms with Crippen molar-refractivity contribution >= 4 is 173 Å². The number of fused-ring (bicyclic) bond motifs is 12. The Labute approximate surface area is 749 Å². The summed E-state index contributed by atoms with van der Waals surface area (Å²) in [6.07, 6.45) is 20.3. The van der Waals surface area contributed by atoms with Gasteiger partial charge in [0.15, 0.2) is 0 Å². The molecule has 0 amide bonds. The molecule has 0 atom stereocenters. The third kappa shape index (κ3) is 22.0. The minimum absolute atomic E-state index is 0.511. The van der Waals surface area contributed by atoms with Gasteiger partial charge in [-0.25, -0.2) is 49.8 Å². The minimum atomic E-state index is 0.511. The summed E-state index contributed by atoms with van der Waals surface area (Å²) in [5.41, 5.74) is 27.3. The number of aryl methyl sites for hydroxylation is 8. The Bertz CT molecular complexity index is 5820. The number of aromatic nitrogens is 12. The average Bonchev–Trinajstić information content (AvgIpc) is 1.73. The van der Waals surface area contributed by atoms with E-state index in [9.17, 15) is 0 Å². The molecule has 31 heteroatoms. The SMILES string of the molecule is Cc1ccc2c(c1)NC(=S)Cc1cnc(Nc3cc(CCCN(C)C)cnc3C)nc1-2.Cc1ccc2c(c1)NC(=S)Cc1cnc(Nc3ccc(N4CCCC4)nc3C)nc1-2.Cc1nc(N2CCOCC2)ccc1Nc1ncc2c(n1)-c1ccc(Cl)cc1NC(=S)C2.Cc1ncc(CCCN(C)C)cc1Nc1ncc2c(n1)-c1ccc(Cl)cc1NC(=S)C2. The predicted molar refractivity (Wildman–Crippen MR) is 516 cm³/mol. The van der Waals surface area contributed by atoms with Crippen molar-refractivity contribution in [2.45, 2.75) is 106 Å².